The largest absolute Gasteiger partial charge is 0.434 e. The monoisotopic (exact) mass is 295 g/mol. The number of nitrogens with zero attached hydrogens (tertiary/aromatic N) is 1. The van der Waals surface area contributed by atoms with Crippen molar-refractivity contribution in [3.8, 4) is 5.75 Å². The quantitative estimate of drug-likeness (QED) is 0.596. The van der Waals surface area contributed by atoms with E-state index in [2.05, 4.69) is 9.89 Å². The molecule has 0 amide bonds. The van der Waals surface area contributed by atoms with Gasteiger partial charge in [-0.1, -0.05) is 29.4 Å². The molecular weight excluding hydrogens is 283 g/mol. The van der Waals surface area contributed by atoms with Gasteiger partial charge in [0.1, 0.15) is 18.2 Å². The van der Waals surface area contributed by atoms with Crippen LogP contribution in [-0.2, 0) is 11.4 Å². The fourth-order valence-electron chi connectivity index (χ4n) is 1.58. The molecule has 6 heteroatoms. The molecule has 0 unspecified atom stereocenters. The highest BCUT2D eigenvalue weighted by Gasteiger charge is 2.07. The highest BCUT2D eigenvalue weighted by molar-refractivity contribution is 5.83. The first-order chi connectivity index (χ1) is 10.1. The number of halogens is 3. The van der Waals surface area contributed by atoms with Crippen LogP contribution in [0, 0.1) is 5.82 Å². The van der Waals surface area contributed by atoms with Crippen LogP contribution in [0.2, 0.25) is 0 Å². The van der Waals surface area contributed by atoms with Crippen LogP contribution in [0.3, 0.4) is 0 Å². The summed E-state index contributed by atoms with van der Waals surface area (Å²) in [7, 11) is 0. The van der Waals surface area contributed by atoms with Gasteiger partial charge in [-0.3, -0.25) is 0 Å². The molecule has 0 fully saturated rings. The Balaban J connectivity index is 1.93. The van der Waals surface area contributed by atoms with E-state index in [1.165, 1.54) is 24.4 Å². The van der Waals surface area contributed by atoms with Gasteiger partial charge < -0.3 is 9.57 Å². The summed E-state index contributed by atoms with van der Waals surface area (Å²) >= 11 is 0. The predicted octanol–water partition coefficient (Wildman–Crippen LogP) is 3.98. The summed E-state index contributed by atoms with van der Waals surface area (Å²) in [4.78, 5) is 5.03. The van der Waals surface area contributed by atoms with E-state index in [9.17, 15) is 13.2 Å². The zero-order valence-corrected chi connectivity index (χ0v) is 10.9. The van der Waals surface area contributed by atoms with Gasteiger partial charge in [0.2, 0.25) is 0 Å². The minimum absolute atomic E-state index is 0.0154. The van der Waals surface area contributed by atoms with Gasteiger partial charge in [-0.15, -0.1) is 0 Å². The highest BCUT2D eigenvalue weighted by Crippen LogP contribution is 2.18. The number of ether oxygens (including phenoxy) is 1. The van der Waals surface area contributed by atoms with Crippen molar-refractivity contribution in [1.29, 1.82) is 0 Å². The molecule has 0 heterocycles. The summed E-state index contributed by atoms with van der Waals surface area (Å²) in [6.07, 6.45) is 1.28. The third-order valence-corrected chi connectivity index (χ3v) is 2.55. The van der Waals surface area contributed by atoms with Crippen molar-refractivity contribution in [2.75, 3.05) is 0 Å². The van der Waals surface area contributed by atoms with Crippen molar-refractivity contribution >= 4 is 6.21 Å². The number of hydrogen-bond donors (Lipinski definition) is 0. The van der Waals surface area contributed by atoms with E-state index >= 15 is 0 Å². The molecule has 0 saturated heterocycles. The summed E-state index contributed by atoms with van der Waals surface area (Å²) in [5.74, 6) is -0.318. The van der Waals surface area contributed by atoms with Crippen LogP contribution in [0.25, 0.3) is 0 Å². The van der Waals surface area contributed by atoms with Crippen molar-refractivity contribution in [3.05, 3.63) is 65.5 Å². The molecule has 0 saturated carbocycles. The molecule has 110 valence electrons. The van der Waals surface area contributed by atoms with Crippen LogP contribution >= 0.6 is 0 Å². The number of alkyl halides is 2. The smallest absolute Gasteiger partial charge is 0.387 e. The predicted molar refractivity (Wildman–Crippen MR) is 71.9 cm³/mol. The Kier molecular flexibility index (Phi) is 5.20. The Morgan fingerprint density at radius 1 is 1.05 bits per heavy atom. The first kappa shape index (κ1) is 14.9. The second-order valence-corrected chi connectivity index (χ2v) is 4.05. The van der Waals surface area contributed by atoms with Crippen LogP contribution in [0.15, 0.2) is 53.7 Å². The molecule has 2 aromatic rings. The molecule has 0 bridgehead atoms. The SMILES string of the molecule is Fc1ccc(CON=Cc2ccccc2OC(F)F)cc1. The summed E-state index contributed by atoms with van der Waals surface area (Å²) in [5.41, 5.74) is 1.11. The van der Waals surface area contributed by atoms with E-state index in [-0.39, 0.29) is 18.2 Å². The summed E-state index contributed by atoms with van der Waals surface area (Å²) in [6.45, 7) is -2.76. The van der Waals surface area contributed by atoms with E-state index in [1.807, 2.05) is 0 Å². The molecule has 2 rings (SSSR count). The third kappa shape index (κ3) is 4.83. The minimum Gasteiger partial charge on any atom is -0.434 e. The van der Waals surface area contributed by atoms with Gasteiger partial charge in [0.15, 0.2) is 0 Å². The lowest BCUT2D eigenvalue weighted by Gasteiger charge is -2.06. The van der Waals surface area contributed by atoms with Gasteiger partial charge in [0.05, 0.1) is 6.21 Å². The Labute approximate surface area is 119 Å². The summed E-state index contributed by atoms with van der Waals surface area (Å²) < 4.78 is 41.5. The summed E-state index contributed by atoms with van der Waals surface area (Å²) in [6, 6.07) is 12.0. The Morgan fingerprint density at radius 3 is 2.48 bits per heavy atom. The normalized spacial score (nSPS) is 11.0. The molecule has 0 aromatic heterocycles. The number of oxime groups is 1. The first-order valence-corrected chi connectivity index (χ1v) is 6.09. The fraction of sp³-hybridized carbons (Fsp3) is 0.133. The maximum absolute atomic E-state index is 12.7. The number of para-hydroxylation sites is 1. The Morgan fingerprint density at radius 2 is 1.76 bits per heavy atom. The minimum atomic E-state index is -2.90. The van der Waals surface area contributed by atoms with Crippen LogP contribution in [0.1, 0.15) is 11.1 Å². The van der Waals surface area contributed by atoms with Crippen molar-refractivity contribution in [2.24, 2.45) is 5.16 Å². The lowest BCUT2D eigenvalue weighted by molar-refractivity contribution is -0.0499. The zero-order chi connectivity index (χ0) is 15.1. The molecule has 21 heavy (non-hydrogen) atoms. The zero-order valence-electron chi connectivity index (χ0n) is 10.9. The van der Waals surface area contributed by atoms with Crippen LogP contribution < -0.4 is 4.74 Å². The Bertz CT molecular complexity index is 600. The van der Waals surface area contributed by atoms with Crippen molar-refractivity contribution in [1.82, 2.24) is 0 Å². The fourth-order valence-corrected chi connectivity index (χ4v) is 1.58. The molecule has 0 atom stereocenters. The van der Waals surface area contributed by atoms with E-state index in [0.29, 0.717) is 5.56 Å². The lowest BCUT2D eigenvalue weighted by atomic mass is 10.2. The van der Waals surface area contributed by atoms with E-state index in [4.69, 9.17) is 4.84 Å². The molecule has 0 aliphatic carbocycles. The molecule has 0 radical (unpaired) electrons. The van der Waals surface area contributed by atoms with Gasteiger partial charge in [-0.25, -0.2) is 4.39 Å². The lowest BCUT2D eigenvalue weighted by Crippen LogP contribution is -2.04. The van der Waals surface area contributed by atoms with Crippen molar-refractivity contribution < 1.29 is 22.7 Å². The average Bonchev–Trinajstić information content (AvgIpc) is 2.46. The molecule has 0 spiro atoms. The molecular formula is C15H12F3NO2. The maximum atomic E-state index is 12.7. The number of benzene rings is 2. The molecule has 0 aliphatic heterocycles. The standard InChI is InChI=1S/C15H12F3NO2/c16-13-7-5-11(6-8-13)10-20-19-9-12-3-1-2-4-14(12)21-15(17)18/h1-9,15H,10H2. The third-order valence-electron chi connectivity index (χ3n) is 2.55. The van der Waals surface area contributed by atoms with Gasteiger partial charge in [0, 0.05) is 5.56 Å². The van der Waals surface area contributed by atoms with Crippen molar-refractivity contribution in [2.45, 2.75) is 13.2 Å². The van der Waals surface area contributed by atoms with Gasteiger partial charge >= 0.3 is 6.61 Å². The second-order valence-electron chi connectivity index (χ2n) is 4.05. The maximum Gasteiger partial charge on any atom is 0.387 e. The molecule has 2 aromatic carbocycles. The van der Waals surface area contributed by atoms with Crippen molar-refractivity contribution in [3.63, 3.8) is 0 Å². The average molecular weight is 295 g/mol. The number of hydrogen-bond acceptors (Lipinski definition) is 3. The molecule has 3 nitrogen and oxygen atoms in total. The van der Waals surface area contributed by atoms with E-state index in [1.54, 1.807) is 30.3 Å². The van der Waals surface area contributed by atoms with Crippen LogP contribution in [-0.4, -0.2) is 12.8 Å². The first-order valence-electron chi connectivity index (χ1n) is 6.09. The van der Waals surface area contributed by atoms with E-state index < -0.39 is 6.61 Å². The van der Waals surface area contributed by atoms with Gasteiger partial charge in [0.25, 0.3) is 0 Å². The molecule has 0 N–H and O–H groups in total. The highest BCUT2D eigenvalue weighted by atomic mass is 19.3. The van der Waals surface area contributed by atoms with Crippen LogP contribution in [0.5, 0.6) is 5.75 Å². The van der Waals surface area contributed by atoms with Gasteiger partial charge in [-0.05, 0) is 29.8 Å². The Hall–Kier alpha value is -2.50. The topological polar surface area (TPSA) is 30.8 Å². The van der Waals surface area contributed by atoms with Crippen LogP contribution in [0.4, 0.5) is 13.2 Å². The molecule has 0 aliphatic rings. The second kappa shape index (κ2) is 7.33. The van der Waals surface area contributed by atoms with E-state index in [0.717, 1.165) is 5.56 Å². The number of rotatable bonds is 6. The van der Waals surface area contributed by atoms with Gasteiger partial charge in [-0.2, -0.15) is 8.78 Å². The summed E-state index contributed by atoms with van der Waals surface area (Å²) in [5, 5.41) is 3.68.